The third-order valence-electron chi connectivity index (χ3n) is 5.35. The minimum absolute atomic E-state index is 0.0753. The van der Waals surface area contributed by atoms with Gasteiger partial charge in [0.1, 0.15) is 18.7 Å². The summed E-state index contributed by atoms with van der Waals surface area (Å²) in [7, 11) is 0. The lowest BCUT2D eigenvalue weighted by molar-refractivity contribution is -0.138. The van der Waals surface area contributed by atoms with Crippen molar-refractivity contribution in [3.05, 3.63) is 64.4 Å². The van der Waals surface area contributed by atoms with Crippen LogP contribution in [0.15, 0.2) is 42.7 Å². The van der Waals surface area contributed by atoms with Gasteiger partial charge in [-0.25, -0.2) is 4.98 Å². The molecule has 0 bridgehead atoms. The molecule has 0 unspecified atom stereocenters. The molecule has 2 N–H and O–H groups in total. The number of amides is 1. The van der Waals surface area contributed by atoms with Crippen molar-refractivity contribution >= 4 is 29.0 Å². The maximum Gasteiger partial charge on any atom is 0.416 e. The average molecular weight is 518 g/mol. The predicted octanol–water partition coefficient (Wildman–Crippen LogP) is 5.80. The molecule has 0 atom stereocenters. The molecule has 12 heteroatoms. The molecule has 0 aliphatic carbocycles. The number of nitrogens with one attached hydrogen (secondary N) is 2. The zero-order valence-corrected chi connectivity index (χ0v) is 19.8. The number of halogens is 4. The lowest BCUT2D eigenvalue weighted by Gasteiger charge is -2.22. The summed E-state index contributed by atoms with van der Waals surface area (Å²) in [4.78, 5) is 21.0. The molecule has 0 saturated heterocycles. The van der Waals surface area contributed by atoms with Crippen molar-refractivity contribution in [2.75, 3.05) is 23.8 Å². The van der Waals surface area contributed by atoms with Crippen LogP contribution in [0, 0.1) is 11.3 Å². The molecule has 0 spiro atoms. The Labute approximate surface area is 209 Å². The van der Waals surface area contributed by atoms with Crippen LogP contribution in [0.2, 0.25) is 5.02 Å². The number of nitriles is 1. The van der Waals surface area contributed by atoms with E-state index in [-0.39, 0.29) is 39.2 Å². The minimum Gasteiger partial charge on any atom is -0.483 e. The van der Waals surface area contributed by atoms with Gasteiger partial charge in [0.05, 0.1) is 28.6 Å². The van der Waals surface area contributed by atoms with Gasteiger partial charge in [0, 0.05) is 11.3 Å². The molecule has 3 aromatic rings. The fourth-order valence-electron chi connectivity index (χ4n) is 3.50. The number of aromatic nitrogens is 2. The molecule has 1 aromatic heterocycles. The highest BCUT2D eigenvalue weighted by atomic mass is 35.5. The molecule has 1 amide bonds. The highest BCUT2D eigenvalue weighted by Gasteiger charge is 2.38. The Morgan fingerprint density at radius 1 is 1.19 bits per heavy atom. The first-order valence-corrected chi connectivity index (χ1v) is 11.0. The van der Waals surface area contributed by atoms with Crippen LogP contribution >= 0.6 is 11.6 Å². The van der Waals surface area contributed by atoms with Gasteiger partial charge in [0.2, 0.25) is 5.75 Å². The number of benzene rings is 2. The van der Waals surface area contributed by atoms with Gasteiger partial charge in [0.25, 0.3) is 11.8 Å². The van der Waals surface area contributed by atoms with Crippen molar-refractivity contribution in [2.45, 2.75) is 25.4 Å². The molecular weight excluding hydrogens is 499 g/mol. The molecule has 2 aromatic carbocycles. The number of rotatable bonds is 5. The molecule has 4 rings (SSSR count). The molecule has 0 radical (unpaired) electrons. The lowest BCUT2D eigenvalue weighted by atomic mass is 9.83. The van der Waals surface area contributed by atoms with E-state index in [1.54, 1.807) is 0 Å². The van der Waals surface area contributed by atoms with E-state index in [1.165, 1.54) is 50.5 Å². The number of nitrogens with zero attached hydrogens (tertiary/aromatic N) is 3. The van der Waals surface area contributed by atoms with Gasteiger partial charge < -0.3 is 20.1 Å². The third kappa shape index (κ3) is 5.13. The molecule has 36 heavy (non-hydrogen) atoms. The Bertz CT molecular complexity index is 1370. The Hall–Kier alpha value is -4.04. The van der Waals surface area contributed by atoms with Gasteiger partial charge in [-0.3, -0.25) is 4.79 Å². The van der Waals surface area contributed by atoms with Gasteiger partial charge >= 0.3 is 6.18 Å². The quantitative estimate of drug-likeness (QED) is 0.440. The van der Waals surface area contributed by atoms with Crippen molar-refractivity contribution in [2.24, 2.45) is 0 Å². The number of hydrogen-bond donors (Lipinski definition) is 2. The standard InChI is InChI=1S/C24H19ClF3N5O3/c1-23(2,11-29)15-5-4-14(10-16(15)24(26,27)28)33-21(34)13-3-6-17(25)18(9-13)36-22-19-20(31-12-32-22)30-7-8-35-19/h3-6,9-10,12H,7-8H2,1-2H3,(H,33,34)(H,30,31,32). The first-order valence-electron chi connectivity index (χ1n) is 10.6. The second-order valence-electron chi connectivity index (χ2n) is 8.33. The van der Waals surface area contributed by atoms with E-state index >= 15 is 0 Å². The van der Waals surface area contributed by atoms with Gasteiger partial charge in [-0.2, -0.15) is 23.4 Å². The van der Waals surface area contributed by atoms with E-state index in [0.29, 0.717) is 19.0 Å². The number of carbonyl (C=O) groups is 1. The van der Waals surface area contributed by atoms with E-state index < -0.39 is 23.1 Å². The zero-order chi connectivity index (χ0) is 26.1. The van der Waals surface area contributed by atoms with Crippen molar-refractivity contribution in [1.82, 2.24) is 9.97 Å². The van der Waals surface area contributed by atoms with Gasteiger partial charge in [0.15, 0.2) is 5.82 Å². The predicted molar refractivity (Wildman–Crippen MR) is 126 cm³/mol. The molecule has 8 nitrogen and oxygen atoms in total. The average Bonchev–Trinajstić information content (AvgIpc) is 2.85. The van der Waals surface area contributed by atoms with Crippen molar-refractivity contribution in [1.29, 1.82) is 5.26 Å². The summed E-state index contributed by atoms with van der Waals surface area (Å²) in [5.41, 5.74) is -2.59. The van der Waals surface area contributed by atoms with E-state index in [0.717, 1.165) is 6.07 Å². The Morgan fingerprint density at radius 3 is 2.69 bits per heavy atom. The number of carbonyl (C=O) groups excluding carboxylic acids is 1. The topological polar surface area (TPSA) is 109 Å². The van der Waals surface area contributed by atoms with Crippen LogP contribution in [0.25, 0.3) is 0 Å². The number of anilines is 2. The van der Waals surface area contributed by atoms with E-state index in [9.17, 15) is 23.2 Å². The number of alkyl halides is 3. The highest BCUT2D eigenvalue weighted by Crippen LogP contribution is 2.40. The first-order chi connectivity index (χ1) is 17.0. The molecule has 0 saturated carbocycles. The fraction of sp³-hybridized carbons (Fsp3) is 0.250. The molecule has 1 aliphatic rings. The van der Waals surface area contributed by atoms with Gasteiger partial charge in [-0.05, 0) is 49.7 Å². The highest BCUT2D eigenvalue weighted by molar-refractivity contribution is 6.32. The number of hydrogen-bond acceptors (Lipinski definition) is 7. The van der Waals surface area contributed by atoms with Crippen LogP contribution in [0.5, 0.6) is 17.4 Å². The third-order valence-corrected chi connectivity index (χ3v) is 5.66. The summed E-state index contributed by atoms with van der Waals surface area (Å²) >= 11 is 6.23. The van der Waals surface area contributed by atoms with Crippen molar-refractivity contribution in [3.8, 4) is 23.4 Å². The van der Waals surface area contributed by atoms with Crippen LogP contribution < -0.4 is 20.1 Å². The van der Waals surface area contributed by atoms with E-state index in [1.807, 2.05) is 6.07 Å². The Kier molecular flexibility index (Phi) is 6.65. The smallest absolute Gasteiger partial charge is 0.416 e. The maximum absolute atomic E-state index is 13.7. The Balaban J connectivity index is 1.60. The first kappa shape index (κ1) is 25.1. The summed E-state index contributed by atoms with van der Waals surface area (Å²) in [6.45, 7) is 3.71. The monoisotopic (exact) mass is 517 g/mol. The van der Waals surface area contributed by atoms with E-state index in [2.05, 4.69) is 20.6 Å². The summed E-state index contributed by atoms with van der Waals surface area (Å²) in [5.74, 6) is 0.202. The lowest BCUT2D eigenvalue weighted by Crippen LogP contribution is -2.22. The summed E-state index contributed by atoms with van der Waals surface area (Å²) in [5, 5.41) is 15.0. The zero-order valence-electron chi connectivity index (χ0n) is 19.0. The van der Waals surface area contributed by atoms with Crippen LogP contribution in [0.3, 0.4) is 0 Å². The van der Waals surface area contributed by atoms with Crippen molar-refractivity contribution < 1.29 is 27.4 Å². The van der Waals surface area contributed by atoms with Gasteiger partial charge in [-0.1, -0.05) is 17.7 Å². The van der Waals surface area contributed by atoms with Crippen LogP contribution in [0.4, 0.5) is 24.7 Å². The molecule has 0 fully saturated rings. The molecular formula is C24H19ClF3N5O3. The summed E-state index contributed by atoms with van der Waals surface area (Å²) < 4.78 is 52.4. The largest absolute Gasteiger partial charge is 0.483 e. The fourth-order valence-corrected chi connectivity index (χ4v) is 3.66. The molecule has 186 valence electrons. The van der Waals surface area contributed by atoms with Crippen LogP contribution in [-0.4, -0.2) is 29.0 Å². The van der Waals surface area contributed by atoms with Crippen LogP contribution in [0.1, 0.15) is 35.3 Å². The summed E-state index contributed by atoms with van der Waals surface area (Å²) in [6, 6.07) is 9.32. The maximum atomic E-state index is 13.7. The summed E-state index contributed by atoms with van der Waals surface area (Å²) in [6.07, 6.45) is -3.45. The second kappa shape index (κ2) is 9.54. The molecule has 2 heterocycles. The number of ether oxygens (including phenoxy) is 2. The second-order valence-corrected chi connectivity index (χ2v) is 8.74. The van der Waals surface area contributed by atoms with Crippen molar-refractivity contribution in [3.63, 3.8) is 0 Å². The van der Waals surface area contributed by atoms with E-state index in [4.69, 9.17) is 21.1 Å². The van der Waals surface area contributed by atoms with Crippen LogP contribution in [-0.2, 0) is 11.6 Å². The molecule has 1 aliphatic heterocycles. The van der Waals surface area contributed by atoms with Gasteiger partial charge in [-0.15, -0.1) is 0 Å². The normalized spacial score (nSPS) is 13.0. The minimum atomic E-state index is -4.72. The number of fused-ring (bicyclic) bond motifs is 1. The SMILES string of the molecule is CC(C)(C#N)c1ccc(NC(=O)c2ccc(Cl)c(Oc3ncnc4c3OCCN4)c2)cc1C(F)(F)F. The Morgan fingerprint density at radius 2 is 1.97 bits per heavy atom.